The molecule has 154 valence electrons. The van der Waals surface area contributed by atoms with Crippen LogP contribution in [0.5, 0.6) is 0 Å². The summed E-state index contributed by atoms with van der Waals surface area (Å²) in [5, 5.41) is 0. The van der Waals surface area contributed by atoms with E-state index in [0.717, 1.165) is 24.0 Å². The van der Waals surface area contributed by atoms with E-state index in [9.17, 15) is 17.6 Å². The summed E-state index contributed by atoms with van der Waals surface area (Å²) >= 11 is 0. The van der Waals surface area contributed by atoms with Crippen LogP contribution in [0.1, 0.15) is 24.5 Å². The normalized spacial score (nSPS) is 15.7. The molecular formula is C22H25FN2O3S. The number of aryl methyl sites for hydroxylation is 1. The zero-order valence-corrected chi connectivity index (χ0v) is 17.2. The lowest BCUT2D eigenvalue weighted by Gasteiger charge is -2.33. The first-order valence-corrected chi connectivity index (χ1v) is 11.2. The average Bonchev–Trinajstić information content (AvgIpc) is 2.74. The van der Waals surface area contributed by atoms with Crippen LogP contribution >= 0.6 is 0 Å². The van der Waals surface area contributed by atoms with Crippen LogP contribution in [0.2, 0.25) is 0 Å². The van der Waals surface area contributed by atoms with E-state index < -0.39 is 10.0 Å². The van der Waals surface area contributed by atoms with Gasteiger partial charge in [-0.15, -0.1) is 0 Å². The van der Waals surface area contributed by atoms with Crippen molar-refractivity contribution in [3.63, 3.8) is 0 Å². The Hall–Kier alpha value is -2.51. The topological polar surface area (TPSA) is 57.7 Å². The van der Waals surface area contributed by atoms with Crippen molar-refractivity contribution in [1.82, 2.24) is 9.21 Å². The molecule has 1 fully saturated rings. The van der Waals surface area contributed by atoms with Gasteiger partial charge in [-0.05, 0) is 47.9 Å². The van der Waals surface area contributed by atoms with E-state index in [1.807, 2.05) is 12.1 Å². The highest BCUT2D eigenvalue weighted by Gasteiger charge is 2.29. The molecule has 1 saturated heterocycles. The number of carbonyl (C=O) groups is 1. The van der Waals surface area contributed by atoms with Gasteiger partial charge in [-0.3, -0.25) is 4.79 Å². The Bertz CT molecular complexity index is 962. The van der Waals surface area contributed by atoms with Crippen molar-refractivity contribution >= 4 is 22.0 Å². The van der Waals surface area contributed by atoms with Crippen LogP contribution in [0.15, 0.2) is 59.5 Å². The zero-order valence-electron chi connectivity index (χ0n) is 16.4. The highest BCUT2D eigenvalue weighted by molar-refractivity contribution is 7.89. The molecule has 0 saturated carbocycles. The number of sulfonamides is 1. The molecule has 2 aromatic rings. The van der Waals surface area contributed by atoms with Gasteiger partial charge in [0.25, 0.3) is 0 Å². The fraction of sp³-hybridized carbons (Fsp3) is 0.318. The second kappa shape index (κ2) is 9.33. The first-order chi connectivity index (χ1) is 13.9. The Kier molecular flexibility index (Phi) is 6.82. The molecule has 0 aromatic heterocycles. The Morgan fingerprint density at radius 1 is 1.00 bits per heavy atom. The van der Waals surface area contributed by atoms with E-state index in [1.54, 1.807) is 35.2 Å². The Morgan fingerprint density at radius 3 is 2.21 bits per heavy atom. The van der Waals surface area contributed by atoms with Gasteiger partial charge in [0.15, 0.2) is 0 Å². The fourth-order valence-corrected chi connectivity index (χ4v) is 4.68. The standard InChI is InChI=1S/C22H25FN2O3S/c1-2-3-18-6-11-21(12-7-18)29(27,28)25-16-14-24(15-17-25)22(26)13-8-19-4-9-20(23)10-5-19/h4-13H,2-3,14-17H2,1H3/b13-8+. The predicted molar refractivity (Wildman–Crippen MR) is 111 cm³/mol. The van der Waals surface area contributed by atoms with Gasteiger partial charge in [0, 0.05) is 32.3 Å². The number of rotatable bonds is 6. The lowest BCUT2D eigenvalue weighted by molar-refractivity contribution is -0.127. The van der Waals surface area contributed by atoms with Gasteiger partial charge in [0.1, 0.15) is 5.82 Å². The minimum Gasteiger partial charge on any atom is -0.337 e. The van der Waals surface area contributed by atoms with Crippen molar-refractivity contribution in [3.05, 3.63) is 71.6 Å². The van der Waals surface area contributed by atoms with Crippen molar-refractivity contribution in [2.24, 2.45) is 0 Å². The molecule has 0 bridgehead atoms. The third-order valence-corrected chi connectivity index (χ3v) is 6.85. The Morgan fingerprint density at radius 2 is 1.62 bits per heavy atom. The zero-order chi connectivity index (χ0) is 20.9. The highest BCUT2D eigenvalue weighted by atomic mass is 32.2. The van der Waals surface area contributed by atoms with Gasteiger partial charge < -0.3 is 4.90 Å². The van der Waals surface area contributed by atoms with E-state index >= 15 is 0 Å². The number of hydrogen-bond acceptors (Lipinski definition) is 3. The van der Waals surface area contributed by atoms with E-state index in [4.69, 9.17) is 0 Å². The smallest absolute Gasteiger partial charge is 0.246 e. The number of halogens is 1. The molecule has 0 spiro atoms. The number of benzene rings is 2. The molecule has 5 nitrogen and oxygen atoms in total. The maximum absolute atomic E-state index is 12.9. The van der Waals surface area contributed by atoms with E-state index in [1.165, 1.54) is 22.5 Å². The molecule has 0 radical (unpaired) electrons. The van der Waals surface area contributed by atoms with Gasteiger partial charge in [-0.2, -0.15) is 4.31 Å². The molecule has 1 amide bonds. The summed E-state index contributed by atoms with van der Waals surface area (Å²) in [7, 11) is -3.56. The number of nitrogens with zero attached hydrogens (tertiary/aromatic N) is 2. The highest BCUT2D eigenvalue weighted by Crippen LogP contribution is 2.19. The van der Waals surface area contributed by atoms with Crippen LogP contribution in [0, 0.1) is 5.82 Å². The van der Waals surface area contributed by atoms with Crippen LogP contribution in [0.4, 0.5) is 4.39 Å². The molecule has 1 aliphatic rings. The van der Waals surface area contributed by atoms with E-state index in [2.05, 4.69) is 6.92 Å². The average molecular weight is 417 g/mol. The third-order valence-electron chi connectivity index (χ3n) is 4.94. The molecule has 0 aliphatic carbocycles. The van der Waals surface area contributed by atoms with Gasteiger partial charge >= 0.3 is 0 Å². The van der Waals surface area contributed by atoms with Gasteiger partial charge in [-0.1, -0.05) is 37.6 Å². The summed E-state index contributed by atoms with van der Waals surface area (Å²) < 4.78 is 40.1. The third kappa shape index (κ3) is 5.31. The molecule has 3 rings (SSSR count). The van der Waals surface area contributed by atoms with Crippen LogP contribution < -0.4 is 0 Å². The summed E-state index contributed by atoms with van der Waals surface area (Å²) in [5.74, 6) is -0.513. The SMILES string of the molecule is CCCc1ccc(S(=O)(=O)N2CCN(C(=O)/C=C/c3ccc(F)cc3)CC2)cc1. The summed E-state index contributed by atoms with van der Waals surface area (Å²) in [6.07, 6.45) is 5.00. The van der Waals surface area contributed by atoms with E-state index in [0.29, 0.717) is 13.1 Å². The lowest BCUT2D eigenvalue weighted by Crippen LogP contribution is -2.50. The largest absolute Gasteiger partial charge is 0.337 e. The Balaban J connectivity index is 1.58. The molecule has 7 heteroatoms. The second-order valence-corrected chi connectivity index (χ2v) is 8.95. The number of piperazine rings is 1. The minimum atomic E-state index is -3.56. The van der Waals surface area contributed by atoms with Crippen LogP contribution in [0.25, 0.3) is 6.08 Å². The monoisotopic (exact) mass is 416 g/mol. The number of carbonyl (C=O) groups excluding carboxylic acids is 1. The van der Waals surface area contributed by atoms with Gasteiger partial charge in [0.2, 0.25) is 15.9 Å². The molecule has 0 N–H and O–H groups in total. The maximum atomic E-state index is 12.9. The van der Waals surface area contributed by atoms with Crippen molar-refractivity contribution in [2.45, 2.75) is 24.7 Å². The van der Waals surface area contributed by atoms with Gasteiger partial charge in [0.05, 0.1) is 4.90 Å². The number of amides is 1. The molecule has 2 aromatic carbocycles. The summed E-state index contributed by atoms with van der Waals surface area (Å²) in [6.45, 7) is 3.27. The van der Waals surface area contributed by atoms with Crippen molar-refractivity contribution in [1.29, 1.82) is 0 Å². The maximum Gasteiger partial charge on any atom is 0.246 e. The summed E-state index contributed by atoms with van der Waals surface area (Å²) in [4.78, 5) is 14.3. The second-order valence-electron chi connectivity index (χ2n) is 7.01. The van der Waals surface area contributed by atoms with Gasteiger partial charge in [-0.25, -0.2) is 12.8 Å². The molecule has 0 atom stereocenters. The predicted octanol–water partition coefficient (Wildman–Crippen LogP) is 3.32. The van der Waals surface area contributed by atoms with Crippen LogP contribution in [0.3, 0.4) is 0 Å². The van der Waals surface area contributed by atoms with Crippen LogP contribution in [-0.2, 0) is 21.2 Å². The van der Waals surface area contributed by atoms with Crippen molar-refractivity contribution in [2.75, 3.05) is 26.2 Å². The lowest BCUT2D eigenvalue weighted by atomic mass is 10.1. The minimum absolute atomic E-state index is 0.185. The molecule has 0 unspecified atom stereocenters. The van der Waals surface area contributed by atoms with Crippen LogP contribution in [-0.4, -0.2) is 49.7 Å². The number of hydrogen-bond donors (Lipinski definition) is 0. The molecule has 29 heavy (non-hydrogen) atoms. The fourth-order valence-electron chi connectivity index (χ4n) is 3.26. The summed E-state index contributed by atoms with van der Waals surface area (Å²) in [5.41, 5.74) is 1.85. The van der Waals surface area contributed by atoms with E-state index in [-0.39, 0.29) is 29.7 Å². The first-order valence-electron chi connectivity index (χ1n) is 9.72. The quantitative estimate of drug-likeness (QED) is 0.679. The van der Waals surface area contributed by atoms with Crippen molar-refractivity contribution in [3.8, 4) is 0 Å². The molecule has 1 aliphatic heterocycles. The Labute approximate surface area is 171 Å². The summed E-state index contributed by atoms with van der Waals surface area (Å²) in [6, 6.07) is 12.9. The molecule has 1 heterocycles. The van der Waals surface area contributed by atoms with Crippen molar-refractivity contribution < 1.29 is 17.6 Å². The molecular weight excluding hydrogens is 391 g/mol. The first kappa shape index (κ1) is 21.2.